The minimum absolute atomic E-state index is 0.283. The maximum atomic E-state index is 5.62. The molecule has 0 bridgehead atoms. The van der Waals surface area contributed by atoms with Crippen molar-refractivity contribution in [3.8, 4) is 0 Å². The summed E-state index contributed by atoms with van der Waals surface area (Å²) in [6.45, 7) is 2.49. The van der Waals surface area contributed by atoms with Crippen molar-refractivity contribution in [1.82, 2.24) is 25.2 Å². The van der Waals surface area contributed by atoms with Gasteiger partial charge in [0, 0.05) is 12.6 Å². The van der Waals surface area contributed by atoms with Crippen LogP contribution in [0.15, 0.2) is 58.7 Å². The number of aryl methyl sites for hydroxylation is 1. The van der Waals surface area contributed by atoms with Crippen LogP contribution in [-0.2, 0) is 18.5 Å². The molecule has 8 heteroatoms. The van der Waals surface area contributed by atoms with Gasteiger partial charge in [-0.2, -0.15) is 0 Å². The zero-order valence-corrected chi connectivity index (χ0v) is 17.0. The van der Waals surface area contributed by atoms with E-state index in [4.69, 9.17) is 4.84 Å². The first-order valence-corrected chi connectivity index (χ1v) is 10.3. The third-order valence-electron chi connectivity index (χ3n) is 4.03. The summed E-state index contributed by atoms with van der Waals surface area (Å²) in [6.07, 6.45) is 3.69. The first kappa shape index (κ1) is 20.0. The standard InChI is InChI=1S/C20H24N6OS/c1-3-4-8-14-28-18-13-9-12-17(21-18)15-27-23-19(16-10-6-5-7-11-16)20-22-24-25-26(20)2/h5-7,9-13H,3-4,8,14-15H2,1-2H3. The number of tetrazole rings is 1. The zero-order valence-electron chi connectivity index (χ0n) is 16.2. The fourth-order valence-electron chi connectivity index (χ4n) is 2.56. The number of nitrogens with zero attached hydrogens (tertiary/aromatic N) is 6. The molecule has 146 valence electrons. The lowest BCUT2D eigenvalue weighted by atomic mass is 10.1. The van der Waals surface area contributed by atoms with Gasteiger partial charge in [0.05, 0.1) is 10.7 Å². The van der Waals surface area contributed by atoms with Gasteiger partial charge in [-0.05, 0) is 34.7 Å². The molecule has 0 aliphatic heterocycles. The minimum atomic E-state index is 0.283. The zero-order chi connectivity index (χ0) is 19.6. The molecule has 0 radical (unpaired) electrons. The van der Waals surface area contributed by atoms with Crippen LogP contribution in [0.25, 0.3) is 0 Å². The van der Waals surface area contributed by atoms with Crippen molar-refractivity contribution >= 4 is 17.5 Å². The van der Waals surface area contributed by atoms with Crippen LogP contribution in [-0.4, -0.2) is 36.7 Å². The molecular weight excluding hydrogens is 372 g/mol. The van der Waals surface area contributed by atoms with Crippen molar-refractivity contribution in [3.05, 3.63) is 65.6 Å². The van der Waals surface area contributed by atoms with Crippen molar-refractivity contribution in [1.29, 1.82) is 0 Å². The Kier molecular flexibility index (Phi) is 7.54. The van der Waals surface area contributed by atoms with Gasteiger partial charge < -0.3 is 4.84 Å². The van der Waals surface area contributed by atoms with Crippen LogP contribution in [0, 0.1) is 0 Å². The van der Waals surface area contributed by atoms with E-state index in [0.29, 0.717) is 11.5 Å². The van der Waals surface area contributed by atoms with E-state index >= 15 is 0 Å². The molecule has 0 unspecified atom stereocenters. The molecule has 0 saturated carbocycles. The summed E-state index contributed by atoms with van der Waals surface area (Å²) in [6, 6.07) is 15.7. The van der Waals surface area contributed by atoms with E-state index in [1.165, 1.54) is 19.3 Å². The van der Waals surface area contributed by atoms with Gasteiger partial charge in [0.2, 0.25) is 5.82 Å². The molecule has 3 aromatic rings. The number of benzene rings is 1. The normalized spacial score (nSPS) is 11.6. The summed E-state index contributed by atoms with van der Waals surface area (Å²) in [5, 5.41) is 17.0. The fraction of sp³-hybridized carbons (Fsp3) is 0.350. The van der Waals surface area contributed by atoms with Gasteiger partial charge in [-0.1, -0.05) is 61.3 Å². The van der Waals surface area contributed by atoms with Crippen LogP contribution in [0.5, 0.6) is 0 Å². The Bertz CT molecular complexity index is 896. The highest BCUT2D eigenvalue weighted by atomic mass is 32.2. The van der Waals surface area contributed by atoms with Crippen LogP contribution in [0.1, 0.15) is 43.3 Å². The lowest BCUT2D eigenvalue weighted by Crippen LogP contribution is -2.12. The monoisotopic (exact) mass is 396 g/mol. The second kappa shape index (κ2) is 10.6. The van der Waals surface area contributed by atoms with Crippen LogP contribution in [0.2, 0.25) is 0 Å². The van der Waals surface area contributed by atoms with Crippen molar-refractivity contribution < 1.29 is 4.84 Å². The molecule has 2 aromatic heterocycles. The maximum absolute atomic E-state index is 5.62. The molecule has 0 aliphatic rings. The summed E-state index contributed by atoms with van der Waals surface area (Å²) >= 11 is 1.78. The quantitative estimate of drug-likeness (QED) is 0.224. The molecule has 0 fully saturated rings. The SMILES string of the molecule is CCCCCSc1cccc(CON=C(c2ccccc2)c2nnnn2C)n1. The van der Waals surface area contributed by atoms with Gasteiger partial charge in [-0.15, -0.1) is 16.9 Å². The van der Waals surface area contributed by atoms with E-state index in [0.717, 1.165) is 22.0 Å². The third-order valence-corrected chi connectivity index (χ3v) is 5.04. The molecule has 0 atom stereocenters. The van der Waals surface area contributed by atoms with E-state index in [9.17, 15) is 0 Å². The number of unbranched alkanes of at least 4 members (excludes halogenated alkanes) is 2. The number of hydrogen-bond donors (Lipinski definition) is 0. The molecule has 0 saturated heterocycles. The Hall–Kier alpha value is -2.74. The third kappa shape index (κ3) is 5.63. The number of thioether (sulfide) groups is 1. The highest BCUT2D eigenvalue weighted by Crippen LogP contribution is 2.18. The van der Waals surface area contributed by atoms with Crippen molar-refractivity contribution in [2.75, 3.05) is 5.75 Å². The van der Waals surface area contributed by atoms with Gasteiger partial charge in [0.15, 0.2) is 12.3 Å². The average Bonchev–Trinajstić information content (AvgIpc) is 3.15. The van der Waals surface area contributed by atoms with Crippen LogP contribution in [0.3, 0.4) is 0 Å². The summed E-state index contributed by atoms with van der Waals surface area (Å²) < 4.78 is 1.57. The summed E-state index contributed by atoms with van der Waals surface area (Å²) in [5.74, 6) is 1.63. The molecular formula is C20H24N6OS. The number of pyridine rings is 1. The molecule has 7 nitrogen and oxygen atoms in total. The number of oxime groups is 1. The Balaban J connectivity index is 1.68. The van der Waals surface area contributed by atoms with E-state index in [1.54, 1.807) is 23.5 Å². The van der Waals surface area contributed by atoms with Crippen molar-refractivity contribution in [2.24, 2.45) is 12.2 Å². The summed E-state index contributed by atoms with van der Waals surface area (Å²) in [5.41, 5.74) is 2.31. The topological polar surface area (TPSA) is 78.1 Å². The molecule has 28 heavy (non-hydrogen) atoms. The van der Waals surface area contributed by atoms with Gasteiger partial charge in [-0.25, -0.2) is 9.67 Å². The lowest BCUT2D eigenvalue weighted by Gasteiger charge is -2.06. The molecule has 0 amide bonds. The molecule has 0 aliphatic carbocycles. The van der Waals surface area contributed by atoms with Gasteiger partial charge in [0.1, 0.15) is 0 Å². The summed E-state index contributed by atoms with van der Waals surface area (Å²) in [4.78, 5) is 10.3. The van der Waals surface area contributed by atoms with Gasteiger partial charge in [-0.3, -0.25) is 0 Å². The number of hydrogen-bond acceptors (Lipinski definition) is 7. The Morgan fingerprint density at radius 1 is 1.11 bits per heavy atom. The largest absolute Gasteiger partial charge is 0.389 e. The first-order chi connectivity index (χ1) is 13.8. The number of rotatable bonds is 10. The summed E-state index contributed by atoms with van der Waals surface area (Å²) in [7, 11) is 1.77. The van der Waals surface area contributed by atoms with E-state index in [-0.39, 0.29) is 6.61 Å². The molecule has 2 heterocycles. The highest BCUT2D eigenvalue weighted by Gasteiger charge is 2.14. The Morgan fingerprint density at radius 3 is 2.71 bits per heavy atom. The Labute approximate surface area is 169 Å². The van der Waals surface area contributed by atoms with E-state index < -0.39 is 0 Å². The van der Waals surface area contributed by atoms with Gasteiger partial charge in [0.25, 0.3) is 0 Å². The van der Waals surface area contributed by atoms with Crippen molar-refractivity contribution in [3.63, 3.8) is 0 Å². The second-order valence-corrected chi connectivity index (χ2v) is 7.34. The number of aromatic nitrogens is 5. The smallest absolute Gasteiger partial charge is 0.204 e. The Morgan fingerprint density at radius 2 is 1.96 bits per heavy atom. The fourth-order valence-corrected chi connectivity index (χ4v) is 3.47. The van der Waals surface area contributed by atoms with Crippen LogP contribution in [0.4, 0.5) is 0 Å². The van der Waals surface area contributed by atoms with E-state index in [1.807, 2.05) is 48.5 Å². The molecule has 0 spiro atoms. The van der Waals surface area contributed by atoms with Crippen LogP contribution >= 0.6 is 11.8 Å². The van der Waals surface area contributed by atoms with Crippen molar-refractivity contribution in [2.45, 2.75) is 37.8 Å². The highest BCUT2D eigenvalue weighted by molar-refractivity contribution is 7.99. The predicted octanol–water partition coefficient (Wildman–Crippen LogP) is 3.86. The second-order valence-electron chi connectivity index (χ2n) is 6.23. The first-order valence-electron chi connectivity index (χ1n) is 9.34. The van der Waals surface area contributed by atoms with E-state index in [2.05, 4.69) is 32.6 Å². The predicted molar refractivity (Wildman–Crippen MR) is 110 cm³/mol. The molecule has 1 aromatic carbocycles. The molecule has 0 N–H and O–H groups in total. The molecule has 3 rings (SSSR count). The van der Waals surface area contributed by atoms with Crippen LogP contribution < -0.4 is 0 Å². The maximum Gasteiger partial charge on any atom is 0.204 e. The lowest BCUT2D eigenvalue weighted by molar-refractivity contribution is 0.127. The van der Waals surface area contributed by atoms with Gasteiger partial charge >= 0.3 is 0 Å². The minimum Gasteiger partial charge on any atom is -0.389 e. The average molecular weight is 397 g/mol.